The van der Waals surface area contributed by atoms with E-state index in [0.29, 0.717) is 19.6 Å². The van der Waals surface area contributed by atoms with Crippen LogP contribution in [0.5, 0.6) is 0 Å². The zero-order chi connectivity index (χ0) is 15.7. The van der Waals surface area contributed by atoms with Crippen LogP contribution in [0.3, 0.4) is 0 Å². The predicted octanol–water partition coefficient (Wildman–Crippen LogP) is -0.423. The van der Waals surface area contributed by atoms with Gasteiger partial charge in [-0.1, -0.05) is 0 Å². The van der Waals surface area contributed by atoms with E-state index in [1.54, 1.807) is 0 Å². The van der Waals surface area contributed by atoms with E-state index in [1.165, 1.54) is 35.6 Å². The normalized spacial score (nSPS) is 21.3. The molecule has 0 bridgehead atoms. The van der Waals surface area contributed by atoms with E-state index in [-0.39, 0.29) is 15.8 Å². The molecule has 1 unspecified atom stereocenters. The molecule has 0 spiro atoms. The number of piperazine rings is 1. The van der Waals surface area contributed by atoms with Crippen LogP contribution in [0.15, 0.2) is 34.1 Å². The van der Waals surface area contributed by atoms with E-state index in [2.05, 4.69) is 10.0 Å². The lowest BCUT2D eigenvalue weighted by Crippen LogP contribution is -2.52. The summed E-state index contributed by atoms with van der Waals surface area (Å²) >= 11 is 0. The van der Waals surface area contributed by atoms with E-state index < -0.39 is 20.0 Å². The Morgan fingerprint density at radius 3 is 2.24 bits per heavy atom. The molecule has 1 heterocycles. The molecule has 21 heavy (non-hydrogen) atoms. The van der Waals surface area contributed by atoms with Gasteiger partial charge in [0, 0.05) is 25.7 Å². The third-order valence-corrected chi connectivity index (χ3v) is 6.91. The fourth-order valence-electron chi connectivity index (χ4n) is 2.22. The van der Waals surface area contributed by atoms with Gasteiger partial charge in [-0.2, -0.15) is 4.31 Å². The third-order valence-electron chi connectivity index (χ3n) is 3.45. The van der Waals surface area contributed by atoms with Gasteiger partial charge in [0.05, 0.1) is 9.79 Å². The Hall–Kier alpha value is -1.00. The van der Waals surface area contributed by atoms with E-state index in [0.717, 1.165) is 0 Å². The maximum Gasteiger partial charge on any atom is 0.243 e. The molecule has 1 atom stereocenters. The molecule has 2 N–H and O–H groups in total. The Bertz CT molecular complexity index is 699. The SMILES string of the molecule is CNS(=O)(=O)c1ccc(S(=O)(=O)N2CCNCC2C)cc1. The summed E-state index contributed by atoms with van der Waals surface area (Å²) < 4.78 is 52.0. The molecule has 1 aliphatic heterocycles. The molecule has 9 heteroatoms. The van der Waals surface area contributed by atoms with Crippen molar-refractivity contribution in [3.05, 3.63) is 24.3 Å². The zero-order valence-corrected chi connectivity index (χ0v) is 13.5. The van der Waals surface area contributed by atoms with Crippen molar-refractivity contribution in [1.29, 1.82) is 0 Å². The van der Waals surface area contributed by atoms with Crippen LogP contribution in [0.1, 0.15) is 6.92 Å². The van der Waals surface area contributed by atoms with Crippen molar-refractivity contribution in [2.75, 3.05) is 26.7 Å². The molecule has 1 aliphatic rings. The lowest BCUT2D eigenvalue weighted by molar-refractivity contribution is 0.284. The van der Waals surface area contributed by atoms with Crippen molar-refractivity contribution in [3.8, 4) is 0 Å². The minimum atomic E-state index is -3.60. The molecule has 0 aromatic heterocycles. The van der Waals surface area contributed by atoms with Gasteiger partial charge in [-0.05, 0) is 38.2 Å². The number of hydrogen-bond acceptors (Lipinski definition) is 5. The predicted molar refractivity (Wildman–Crippen MR) is 78.9 cm³/mol. The Kier molecular flexibility index (Phi) is 4.69. The van der Waals surface area contributed by atoms with Crippen molar-refractivity contribution < 1.29 is 16.8 Å². The van der Waals surface area contributed by atoms with E-state index in [1.807, 2.05) is 6.92 Å². The Morgan fingerprint density at radius 2 is 1.71 bits per heavy atom. The first-order valence-corrected chi connectivity index (χ1v) is 9.47. The van der Waals surface area contributed by atoms with Crippen LogP contribution in [0, 0.1) is 0 Å². The first-order valence-electron chi connectivity index (χ1n) is 6.55. The summed E-state index contributed by atoms with van der Waals surface area (Å²) in [6.45, 7) is 3.45. The van der Waals surface area contributed by atoms with Gasteiger partial charge in [-0.3, -0.25) is 0 Å². The van der Waals surface area contributed by atoms with E-state index in [9.17, 15) is 16.8 Å². The minimum absolute atomic E-state index is 0.0392. The number of hydrogen-bond donors (Lipinski definition) is 2. The van der Waals surface area contributed by atoms with Crippen LogP contribution >= 0.6 is 0 Å². The molecule has 1 saturated heterocycles. The molecule has 0 radical (unpaired) electrons. The first kappa shape index (κ1) is 16.4. The highest BCUT2D eigenvalue weighted by molar-refractivity contribution is 7.89. The van der Waals surface area contributed by atoms with E-state index in [4.69, 9.17) is 0 Å². The van der Waals surface area contributed by atoms with Crippen LogP contribution in [0.2, 0.25) is 0 Å². The van der Waals surface area contributed by atoms with Gasteiger partial charge < -0.3 is 5.32 Å². The van der Waals surface area contributed by atoms with Gasteiger partial charge in [0.15, 0.2) is 0 Å². The van der Waals surface area contributed by atoms with Crippen molar-refractivity contribution in [3.63, 3.8) is 0 Å². The molecule has 1 fully saturated rings. The summed E-state index contributed by atoms with van der Waals surface area (Å²) in [4.78, 5) is 0.142. The molecule has 0 saturated carbocycles. The summed E-state index contributed by atoms with van der Waals surface area (Å²) in [6, 6.07) is 5.12. The lowest BCUT2D eigenvalue weighted by Gasteiger charge is -2.32. The van der Waals surface area contributed by atoms with Gasteiger partial charge >= 0.3 is 0 Å². The molecule has 7 nitrogen and oxygen atoms in total. The van der Waals surface area contributed by atoms with Crippen LogP contribution < -0.4 is 10.0 Å². The highest BCUT2D eigenvalue weighted by atomic mass is 32.2. The van der Waals surface area contributed by atoms with Gasteiger partial charge in [-0.25, -0.2) is 21.6 Å². The van der Waals surface area contributed by atoms with Crippen LogP contribution in [0.4, 0.5) is 0 Å². The summed E-state index contributed by atoms with van der Waals surface area (Å²) in [5, 5.41) is 3.13. The van der Waals surface area contributed by atoms with Crippen LogP contribution in [-0.2, 0) is 20.0 Å². The second kappa shape index (κ2) is 6.01. The minimum Gasteiger partial charge on any atom is -0.314 e. The van der Waals surface area contributed by atoms with Crippen molar-refractivity contribution in [2.45, 2.75) is 22.8 Å². The number of nitrogens with zero attached hydrogens (tertiary/aromatic N) is 1. The Morgan fingerprint density at radius 1 is 1.14 bits per heavy atom. The average molecular weight is 333 g/mol. The number of rotatable bonds is 4. The van der Waals surface area contributed by atoms with Gasteiger partial charge in [0.1, 0.15) is 0 Å². The molecule has 2 rings (SSSR count). The van der Waals surface area contributed by atoms with Gasteiger partial charge in [0.2, 0.25) is 20.0 Å². The van der Waals surface area contributed by atoms with Crippen molar-refractivity contribution >= 4 is 20.0 Å². The van der Waals surface area contributed by atoms with Gasteiger partial charge in [-0.15, -0.1) is 0 Å². The second-order valence-electron chi connectivity index (χ2n) is 4.85. The summed E-state index contributed by atoms with van der Waals surface area (Å²) in [7, 11) is -5.86. The number of benzene rings is 1. The second-order valence-corrected chi connectivity index (χ2v) is 8.62. The monoisotopic (exact) mass is 333 g/mol. The molecule has 118 valence electrons. The largest absolute Gasteiger partial charge is 0.314 e. The number of nitrogens with one attached hydrogen (secondary N) is 2. The smallest absolute Gasteiger partial charge is 0.243 e. The fraction of sp³-hybridized carbons (Fsp3) is 0.500. The summed E-state index contributed by atoms with van der Waals surface area (Å²) in [6.07, 6.45) is 0. The van der Waals surface area contributed by atoms with Crippen molar-refractivity contribution in [1.82, 2.24) is 14.3 Å². The maximum absolute atomic E-state index is 12.6. The van der Waals surface area contributed by atoms with Crippen molar-refractivity contribution in [2.24, 2.45) is 0 Å². The van der Waals surface area contributed by atoms with E-state index >= 15 is 0 Å². The standard InChI is InChI=1S/C12H19N3O4S2/c1-10-9-14-7-8-15(10)21(18,19)12-5-3-11(4-6-12)20(16,17)13-2/h3-6,10,13-14H,7-9H2,1-2H3. The summed E-state index contributed by atoms with van der Waals surface area (Å²) in [5.74, 6) is 0. The Labute approximate surface area is 125 Å². The fourth-order valence-corrected chi connectivity index (χ4v) is 4.58. The molecule has 0 amide bonds. The molecular formula is C12H19N3O4S2. The van der Waals surface area contributed by atoms with Crippen LogP contribution in [0.25, 0.3) is 0 Å². The topological polar surface area (TPSA) is 95.6 Å². The molecule has 1 aromatic rings. The third kappa shape index (κ3) is 3.27. The zero-order valence-electron chi connectivity index (χ0n) is 11.9. The lowest BCUT2D eigenvalue weighted by atomic mass is 10.3. The van der Waals surface area contributed by atoms with Gasteiger partial charge in [0.25, 0.3) is 0 Å². The maximum atomic E-state index is 12.6. The number of sulfonamides is 2. The molecule has 1 aromatic carbocycles. The average Bonchev–Trinajstić information content (AvgIpc) is 2.47. The highest BCUT2D eigenvalue weighted by Gasteiger charge is 2.31. The quantitative estimate of drug-likeness (QED) is 0.780. The molecular weight excluding hydrogens is 314 g/mol. The highest BCUT2D eigenvalue weighted by Crippen LogP contribution is 2.21. The Balaban J connectivity index is 2.33. The van der Waals surface area contributed by atoms with Crippen LogP contribution in [-0.4, -0.2) is 53.9 Å². The first-order chi connectivity index (χ1) is 9.79. The molecule has 0 aliphatic carbocycles. The summed E-state index contributed by atoms with van der Waals surface area (Å²) in [5.41, 5.74) is 0.